The zero-order valence-corrected chi connectivity index (χ0v) is 11.3. The molecule has 2 aromatic heterocycles. The van der Waals surface area contributed by atoms with Crippen LogP contribution in [0.4, 0.5) is 0 Å². The molecule has 0 aliphatic carbocycles. The van der Waals surface area contributed by atoms with Crippen LogP contribution in [0.25, 0.3) is 5.82 Å². The Balaban J connectivity index is 2.19. The Kier molecular flexibility index (Phi) is 4.10. The van der Waals surface area contributed by atoms with E-state index in [1.165, 1.54) is 0 Å². The molecule has 0 aliphatic heterocycles. The third-order valence-electron chi connectivity index (χ3n) is 3.02. The van der Waals surface area contributed by atoms with Crippen LogP contribution in [0, 0.1) is 13.8 Å². The van der Waals surface area contributed by atoms with E-state index in [9.17, 15) is 0 Å². The van der Waals surface area contributed by atoms with E-state index in [4.69, 9.17) is 0 Å². The molecule has 2 heterocycles. The summed E-state index contributed by atoms with van der Waals surface area (Å²) in [6.45, 7) is 8.07. The predicted octanol–water partition coefficient (Wildman–Crippen LogP) is 2.38. The second-order valence-electron chi connectivity index (χ2n) is 4.45. The van der Waals surface area contributed by atoms with Crippen molar-refractivity contribution < 1.29 is 0 Å². The number of nitrogens with one attached hydrogen (secondary N) is 1. The Labute approximate surface area is 108 Å². The number of aryl methyl sites for hydroxylation is 1. The van der Waals surface area contributed by atoms with Crippen molar-refractivity contribution in [2.24, 2.45) is 0 Å². The van der Waals surface area contributed by atoms with Crippen molar-refractivity contribution in [1.29, 1.82) is 0 Å². The Bertz CT molecular complexity index is 516. The number of hydrogen-bond acceptors (Lipinski definition) is 3. The molecule has 0 amide bonds. The first-order valence-corrected chi connectivity index (χ1v) is 6.40. The van der Waals surface area contributed by atoms with Crippen LogP contribution in [0.1, 0.15) is 30.4 Å². The van der Waals surface area contributed by atoms with Gasteiger partial charge >= 0.3 is 0 Å². The van der Waals surface area contributed by atoms with Gasteiger partial charge in [0.1, 0.15) is 12.1 Å². The molecule has 18 heavy (non-hydrogen) atoms. The van der Waals surface area contributed by atoms with Gasteiger partial charge in [-0.25, -0.2) is 9.97 Å². The van der Waals surface area contributed by atoms with Crippen molar-refractivity contribution in [2.75, 3.05) is 6.54 Å². The van der Waals surface area contributed by atoms with Crippen LogP contribution < -0.4 is 5.32 Å². The minimum Gasteiger partial charge on any atom is -0.311 e. The van der Waals surface area contributed by atoms with Crippen LogP contribution in [-0.2, 0) is 6.54 Å². The SMILES string of the molecule is CCCNCc1cccc(-n2cnc(C)c2C)n1. The van der Waals surface area contributed by atoms with Crippen molar-refractivity contribution >= 4 is 0 Å². The Morgan fingerprint density at radius 2 is 2.11 bits per heavy atom. The number of rotatable bonds is 5. The summed E-state index contributed by atoms with van der Waals surface area (Å²) in [6.07, 6.45) is 2.97. The summed E-state index contributed by atoms with van der Waals surface area (Å²) in [7, 11) is 0. The number of nitrogens with zero attached hydrogens (tertiary/aromatic N) is 3. The quantitative estimate of drug-likeness (QED) is 0.821. The van der Waals surface area contributed by atoms with Gasteiger partial charge in [-0.1, -0.05) is 13.0 Å². The van der Waals surface area contributed by atoms with Gasteiger partial charge in [-0.3, -0.25) is 4.57 Å². The third kappa shape index (κ3) is 2.76. The van der Waals surface area contributed by atoms with E-state index >= 15 is 0 Å². The highest BCUT2D eigenvalue weighted by atomic mass is 15.1. The van der Waals surface area contributed by atoms with E-state index in [0.717, 1.165) is 42.4 Å². The molecule has 0 saturated carbocycles. The fourth-order valence-electron chi connectivity index (χ4n) is 1.82. The van der Waals surface area contributed by atoms with Crippen LogP contribution in [0.3, 0.4) is 0 Å². The zero-order valence-electron chi connectivity index (χ0n) is 11.3. The normalized spacial score (nSPS) is 10.8. The molecule has 96 valence electrons. The molecule has 0 bridgehead atoms. The standard InChI is InChI=1S/C14H20N4/c1-4-8-15-9-13-6-5-7-14(17-13)18-10-16-11(2)12(18)3/h5-7,10,15H,4,8-9H2,1-3H3. The molecule has 0 unspecified atom stereocenters. The van der Waals surface area contributed by atoms with Gasteiger partial charge in [0, 0.05) is 12.2 Å². The molecule has 0 radical (unpaired) electrons. The van der Waals surface area contributed by atoms with Gasteiger partial charge in [-0.2, -0.15) is 0 Å². The lowest BCUT2D eigenvalue weighted by Gasteiger charge is -2.07. The summed E-state index contributed by atoms with van der Waals surface area (Å²) < 4.78 is 2.03. The van der Waals surface area contributed by atoms with E-state index in [-0.39, 0.29) is 0 Å². The molecular weight excluding hydrogens is 224 g/mol. The number of pyridine rings is 1. The first-order valence-electron chi connectivity index (χ1n) is 6.40. The topological polar surface area (TPSA) is 42.7 Å². The summed E-state index contributed by atoms with van der Waals surface area (Å²) in [4.78, 5) is 8.95. The van der Waals surface area contributed by atoms with Gasteiger partial charge in [0.15, 0.2) is 0 Å². The van der Waals surface area contributed by atoms with Crippen LogP contribution >= 0.6 is 0 Å². The van der Waals surface area contributed by atoms with Crippen molar-refractivity contribution in [1.82, 2.24) is 19.9 Å². The second kappa shape index (κ2) is 5.78. The third-order valence-corrected chi connectivity index (χ3v) is 3.02. The lowest BCUT2D eigenvalue weighted by molar-refractivity contribution is 0.662. The fourth-order valence-corrected chi connectivity index (χ4v) is 1.82. The first kappa shape index (κ1) is 12.8. The van der Waals surface area contributed by atoms with E-state index < -0.39 is 0 Å². The van der Waals surface area contributed by atoms with Crippen LogP contribution in [0.5, 0.6) is 0 Å². The maximum atomic E-state index is 4.65. The molecule has 0 spiro atoms. The minimum atomic E-state index is 0.814. The maximum absolute atomic E-state index is 4.65. The van der Waals surface area contributed by atoms with E-state index in [1.54, 1.807) is 0 Å². The maximum Gasteiger partial charge on any atom is 0.138 e. The molecule has 2 rings (SSSR count). The highest BCUT2D eigenvalue weighted by Crippen LogP contribution is 2.11. The van der Waals surface area contributed by atoms with Gasteiger partial charge in [0.25, 0.3) is 0 Å². The van der Waals surface area contributed by atoms with Crippen molar-refractivity contribution in [3.8, 4) is 5.82 Å². The summed E-state index contributed by atoms with van der Waals surface area (Å²) >= 11 is 0. The second-order valence-corrected chi connectivity index (χ2v) is 4.45. The summed E-state index contributed by atoms with van der Waals surface area (Å²) in [5.41, 5.74) is 3.25. The van der Waals surface area contributed by atoms with Crippen molar-refractivity contribution in [3.63, 3.8) is 0 Å². The van der Waals surface area contributed by atoms with Crippen molar-refractivity contribution in [3.05, 3.63) is 41.6 Å². The van der Waals surface area contributed by atoms with Crippen molar-refractivity contribution in [2.45, 2.75) is 33.7 Å². The van der Waals surface area contributed by atoms with Gasteiger partial charge in [0.05, 0.1) is 11.4 Å². The van der Waals surface area contributed by atoms with Gasteiger partial charge < -0.3 is 5.32 Å². The van der Waals surface area contributed by atoms with E-state index in [1.807, 2.05) is 36.0 Å². The fraction of sp³-hybridized carbons (Fsp3) is 0.429. The molecule has 0 atom stereocenters. The molecule has 0 aliphatic rings. The highest BCUT2D eigenvalue weighted by Gasteiger charge is 2.05. The molecule has 0 fully saturated rings. The molecule has 0 saturated heterocycles. The Hall–Kier alpha value is -1.68. The molecule has 1 N–H and O–H groups in total. The van der Waals surface area contributed by atoms with Gasteiger partial charge in [0.2, 0.25) is 0 Å². The molecule has 4 heteroatoms. The smallest absolute Gasteiger partial charge is 0.138 e. The van der Waals surface area contributed by atoms with Gasteiger partial charge in [-0.15, -0.1) is 0 Å². The van der Waals surface area contributed by atoms with Crippen LogP contribution in [0.2, 0.25) is 0 Å². The number of hydrogen-bond donors (Lipinski definition) is 1. The first-order chi connectivity index (χ1) is 8.72. The summed E-state index contributed by atoms with van der Waals surface area (Å²) in [5, 5.41) is 3.36. The van der Waals surface area contributed by atoms with Crippen LogP contribution in [-0.4, -0.2) is 21.1 Å². The highest BCUT2D eigenvalue weighted by molar-refractivity contribution is 5.29. The average molecular weight is 244 g/mol. The lowest BCUT2D eigenvalue weighted by atomic mass is 10.3. The minimum absolute atomic E-state index is 0.814. The summed E-state index contributed by atoms with van der Waals surface area (Å²) in [6, 6.07) is 6.10. The molecular formula is C14H20N4. The lowest BCUT2D eigenvalue weighted by Crippen LogP contribution is -2.15. The zero-order chi connectivity index (χ0) is 13.0. The van der Waals surface area contributed by atoms with E-state index in [0.29, 0.717) is 0 Å². The van der Waals surface area contributed by atoms with Gasteiger partial charge in [-0.05, 0) is 38.9 Å². The average Bonchev–Trinajstić information content (AvgIpc) is 2.71. The largest absolute Gasteiger partial charge is 0.311 e. The molecule has 0 aromatic carbocycles. The molecule has 4 nitrogen and oxygen atoms in total. The number of aromatic nitrogens is 3. The Morgan fingerprint density at radius 3 is 2.78 bits per heavy atom. The molecule has 2 aromatic rings. The van der Waals surface area contributed by atoms with Crippen LogP contribution in [0.15, 0.2) is 24.5 Å². The van der Waals surface area contributed by atoms with E-state index in [2.05, 4.69) is 29.1 Å². The predicted molar refractivity (Wildman–Crippen MR) is 72.8 cm³/mol. The monoisotopic (exact) mass is 244 g/mol. The number of imidazole rings is 1. The summed E-state index contributed by atoms with van der Waals surface area (Å²) in [5.74, 6) is 0.934. The Morgan fingerprint density at radius 1 is 1.28 bits per heavy atom.